The Hall–Kier alpha value is -2.80. The lowest BCUT2D eigenvalue weighted by molar-refractivity contribution is -0.379. The van der Waals surface area contributed by atoms with E-state index in [1.165, 1.54) is 0 Å². The van der Waals surface area contributed by atoms with E-state index >= 15 is 0 Å². The zero-order valence-corrected chi connectivity index (χ0v) is 29.1. The first-order chi connectivity index (χ1) is 25.5. The summed E-state index contributed by atoms with van der Waals surface area (Å²) < 4.78 is 61.8. The second-order valence-corrected chi connectivity index (χ2v) is 12.3. The molecule has 0 aliphatic carbocycles. The molecule has 25 nitrogen and oxygen atoms in total. The summed E-state index contributed by atoms with van der Waals surface area (Å²) in [5.74, 6) is -5.40. The number of esters is 3. The molecule has 0 aromatic carbocycles. The van der Waals surface area contributed by atoms with E-state index < -0.39 is 147 Å². The van der Waals surface area contributed by atoms with Crippen LogP contribution < -0.4 is 0 Å². The van der Waals surface area contributed by atoms with Crippen molar-refractivity contribution >= 4 is 23.9 Å². The van der Waals surface area contributed by atoms with E-state index in [1.807, 2.05) is 0 Å². The molecule has 25 heteroatoms. The number of carboxylic acids is 1. The molecule has 4 aliphatic heterocycles. The van der Waals surface area contributed by atoms with Crippen molar-refractivity contribution in [1.82, 2.24) is 0 Å². The standard InChI is InChI=1S/C29H44O25/c1-43-14-6(30)11(35)28(53-19(14)23(40)44-2)48-15-8(32)12(36)27(51-18(15)22(38)39)49-17-9(33)13(37)29(54-21(17)25(42)46-4)50-16-7(31)10(34)26(47-5)52-20(16)24(41)45-3/h6-21,26-37H,1-5H3,(H,38,39). The summed E-state index contributed by atoms with van der Waals surface area (Å²) in [4.78, 5) is 49.9. The smallest absolute Gasteiger partial charge is 0.337 e. The van der Waals surface area contributed by atoms with Crippen LogP contribution in [0.2, 0.25) is 0 Å². The van der Waals surface area contributed by atoms with E-state index in [4.69, 9.17) is 42.6 Å². The topological polar surface area (TPSA) is 361 Å². The molecule has 4 fully saturated rings. The van der Waals surface area contributed by atoms with Crippen LogP contribution in [0.25, 0.3) is 0 Å². The van der Waals surface area contributed by atoms with Gasteiger partial charge in [0.25, 0.3) is 0 Å². The van der Waals surface area contributed by atoms with Gasteiger partial charge in [0.05, 0.1) is 21.3 Å². The molecule has 0 saturated carbocycles. The summed E-state index contributed by atoms with van der Waals surface area (Å²) in [7, 11) is 5.00. The van der Waals surface area contributed by atoms with E-state index in [0.717, 1.165) is 35.5 Å². The van der Waals surface area contributed by atoms with Crippen LogP contribution in [-0.2, 0) is 76.0 Å². The summed E-state index contributed by atoms with van der Waals surface area (Å²) in [6.07, 6.45) is -40.4. The van der Waals surface area contributed by atoms with Gasteiger partial charge in [0.1, 0.15) is 73.2 Å². The van der Waals surface area contributed by atoms with Crippen molar-refractivity contribution in [3.05, 3.63) is 0 Å². The minimum absolute atomic E-state index is 0.875. The number of hydrogen-bond donors (Lipinski definition) is 9. The average molecular weight is 793 g/mol. The molecule has 20 unspecified atom stereocenters. The van der Waals surface area contributed by atoms with Crippen LogP contribution in [0.3, 0.4) is 0 Å². The lowest BCUT2D eigenvalue weighted by atomic mass is 9.95. The Morgan fingerprint density at radius 1 is 0.389 bits per heavy atom. The van der Waals surface area contributed by atoms with Crippen LogP contribution in [0, 0.1) is 0 Å². The first kappa shape index (κ1) is 43.9. The number of carbonyl (C=O) groups excluding carboxylic acids is 3. The number of aliphatic carboxylic acids is 1. The minimum Gasteiger partial charge on any atom is -0.479 e. The Morgan fingerprint density at radius 3 is 0.981 bits per heavy atom. The van der Waals surface area contributed by atoms with Crippen LogP contribution in [0.5, 0.6) is 0 Å². The van der Waals surface area contributed by atoms with Gasteiger partial charge in [-0.25, -0.2) is 19.2 Å². The molecule has 4 saturated heterocycles. The predicted molar refractivity (Wildman–Crippen MR) is 159 cm³/mol. The largest absolute Gasteiger partial charge is 0.479 e. The van der Waals surface area contributed by atoms with Gasteiger partial charge in [-0.05, 0) is 0 Å². The van der Waals surface area contributed by atoms with Crippen molar-refractivity contribution in [3.8, 4) is 0 Å². The van der Waals surface area contributed by atoms with E-state index in [9.17, 15) is 65.1 Å². The number of carboxylic acid groups (broad SMARTS) is 1. The molecule has 4 rings (SSSR count). The number of rotatable bonds is 12. The van der Waals surface area contributed by atoms with Gasteiger partial charge in [-0.1, -0.05) is 0 Å². The van der Waals surface area contributed by atoms with Crippen LogP contribution in [0.1, 0.15) is 0 Å². The van der Waals surface area contributed by atoms with Crippen molar-refractivity contribution in [3.63, 3.8) is 0 Å². The van der Waals surface area contributed by atoms with Crippen molar-refractivity contribution in [2.45, 2.75) is 123 Å². The summed E-state index contributed by atoms with van der Waals surface area (Å²) in [5, 5.41) is 96.3. The molecule has 0 spiro atoms. The highest BCUT2D eigenvalue weighted by Crippen LogP contribution is 2.35. The molecular weight excluding hydrogens is 748 g/mol. The SMILES string of the molecule is COC(=O)C1OC(OC2C(C(=O)O)OC(OC3C(C(=O)OC)OC(OC4C(C(=O)OC)OC(OC)C(O)C4O)C(O)C3O)C(O)C2O)C(O)C(O)C1OC. The van der Waals surface area contributed by atoms with Crippen molar-refractivity contribution in [1.29, 1.82) is 0 Å². The fourth-order valence-corrected chi connectivity index (χ4v) is 6.18. The summed E-state index contributed by atoms with van der Waals surface area (Å²) >= 11 is 0. The van der Waals surface area contributed by atoms with Crippen molar-refractivity contribution in [2.75, 3.05) is 35.5 Å². The lowest BCUT2D eigenvalue weighted by Gasteiger charge is -2.48. The maximum Gasteiger partial charge on any atom is 0.337 e. The number of hydrogen-bond acceptors (Lipinski definition) is 24. The Bertz CT molecular complexity index is 1300. The molecule has 4 heterocycles. The molecule has 310 valence electrons. The summed E-state index contributed by atoms with van der Waals surface area (Å²) in [6.45, 7) is 0. The van der Waals surface area contributed by atoms with Gasteiger partial charge in [-0.2, -0.15) is 0 Å². The van der Waals surface area contributed by atoms with Crippen LogP contribution in [0.4, 0.5) is 0 Å². The third-order valence-electron chi connectivity index (χ3n) is 9.10. The van der Waals surface area contributed by atoms with Crippen LogP contribution >= 0.6 is 0 Å². The number of carbonyl (C=O) groups is 4. The van der Waals surface area contributed by atoms with Gasteiger partial charge in [-0.15, -0.1) is 0 Å². The minimum atomic E-state index is -2.31. The molecule has 0 aromatic rings. The fraction of sp³-hybridized carbons (Fsp3) is 0.862. The van der Waals surface area contributed by atoms with E-state index in [-0.39, 0.29) is 0 Å². The Labute approximate surface area is 304 Å². The molecule has 4 aliphatic rings. The zero-order chi connectivity index (χ0) is 40.3. The van der Waals surface area contributed by atoms with Crippen molar-refractivity contribution in [2.24, 2.45) is 0 Å². The molecular formula is C29H44O25. The van der Waals surface area contributed by atoms with Crippen LogP contribution in [0.15, 0.2) is 0 Å². The quantitative estimate of drug-likeness (QED) is 0.0654. The molecule has 9 N–H and O–H groups in total. The maximum absolute atomic E-state index is 12.9. The summed E-state index contributed by atoms with van der Waals surface area (Å²) in [6, 6.07) is 0. The Balaban J connectivity index is 1.54. The molecule has 20 atom stereocenters. The number of ether oxygens (including phenoxy) is 12. The van der Waals surface area contributed by atoms with Gasteiger partial charge < -0.3 is 103 Å². The molecule has 54 heavy (non-hydrogen) atoms. The lowest BCUT2D eigenvalue weighted by Crippen LogP contribution is -2.68. The zero-order valence-electron chi connectivity index (χ0n) is 29.1. The third kappa shape index (κ3) is 8.61. The Kier molecular flexibility index (Phi) is 15.0. The normalized spacial score (nSPS) is 45.6. The monoisotopic (exact) mass is 792 g/mol. The van der Waals surface area contributed by atoms with Crippen LogP contribution in [-0.4, -0.2) is 228 Å². The van der Waals surface area contributed by atoms with Gasteiger partial charge >= 0.3 is 23.9 Å². The highest BCUT2D eigenvalue weighted by molar-refractivity contribution is 5.77. The van der Waals surface area contributed by atoms with Gasteiger partial charge in [0, 0.05) is 14.2 Å². The van der Waals surface area contributed by atoms with Crippen molar-refractivity contribution < 1.29 is 122 Å². The van der Waals surface area contributed by atoms with E-state index in [0.29, 0.717) is 0 Å². The van der Waals surface area contributed by atoms with Gasteiger partial charge in [-0.3, -0.25) is 0 Å². The Morgan fingerprint density at radius 2 is 0.667 bits per heavy atom. The van der Waals surface area contributed by atoms with E-state index in [2.05, 4.69) is 14.2 Å². The molecule has 0 bridgehead atoms. The fourth-order valence-electron chi connectivity index (χ4n) is 6.18. The maximum atomic E-state index is 12.9. The molecule has 0 amide bonds. The highest BCUT2D eigenvalue weighted by Gasteiger charge is 2.58. The molecule has 0 aromatic heterocycles. The second kappa shape index (κ2) is 18.4. The van der Waals surface area contributed by atoms with Gasteiger partial charge in [0.2, 0.25) is 0 Å². The first-order valence-electron chi connectivity index (χ1n) is 16.0. The molecule has 0 radical (unpaired) electrons. The van der Waals surface area contributed by atoms with Gasteiger partial charge in [0.15, 0.2) is 49.6 Å². The second-order valence-electron chi connectivity index (χ2n) is 12.3. The highest BCUT2D eigenvalue weighted by atomic mass is 16.8. The number of aliphatic hydroxyl groups is 8. The third-order valence-corrected chi connectivity index (χ3v) is 9.10. The number of aliphatic hydroxyl groups excluding tert-OH is 8. The van der Waals surface area contributed by atoms with E-state index in [1.54, 1.807) is 0 Å². The predicted octanol–water partition coefficient (Wildman–Crippen LogP) is -7.81. The number of methoxy groups -OCH3 is 5. The first-order valence-corrected chi connectivity index (χ1v) is 16.0. The summed E-state index contributed by atoms with van der Waals surface area (Å²) in [5.41, 5.74) is 0. The average Bonchev–Trinajstić information content (AvgIpc) is 3.16.